The largest absolute Gasteiger partial charge is 0.461 e. The molecule has 0 aromatic heterocycles. The van der Waals surface area contributed by atoms with E-state index in [1.54, 1.807) is 6.92 Å². The zero-order chi connectivity index (χ0) is 42.7. The predicted molar refractivity (Wildman–Crippen MR) is 220 cm³/mol. The van der Waals surface area contributed by atoms with Gasteiger partial charge in [0.25, 0.3) is 0 Å². The second kappa shape index (κ2) is 30.4. The summed E-state index contributed by atoms with van der Waals surface area (Å²) >= 11 is 0. The van der Waals surface area contributed by atoms with Gasteiger partial charge in [0, 0.05) is 39.2 Å². The van der Waals surface area contributed by atoms with Gasteiger partial charge < -0.3 is 51.2 Å². The highest BCUT2D eigenvalue weighted by Gasteiger charge is 2.46. The average Bonchev–Trinajstić information content (AvgIpc) is 3.65. The Hall–Kier alpha value is -2.69. The number of esters is 1. The highest BCUT2D eigenvalue weighted by atomic mass is 16.6. The fraction of sp³-hybridized carbons (Fsp3) is 0.884. The zero-order valence-electron chi connectivity index (χ0n) is 35.8. The summed E-state index contributed by atoms with van der Waals surface area (Å²) < 4.78 is 16.6. The molecule has 336 valence electrons. The lowest BCUT2D eigenvalue weighted by Crippen LogP contribution is -2.65. The van der Waals surface area contributed by atoms with E-state index in [1.807, 2.05) is 0 Å². The molecular weight excluding hydrogens is 748 g/mol. The number of aliphatic hydroxyl groups excluding tert-OH is 3. The van der Waals surface area contributed by atoms with Crippen LogP contribution in [0.15, 0.2) is 0 Å². The quantitative estimate of drug-likeness (QED) is 0.0365. The zero-order valence-corrected chi connectivity index (χ0v) is 35.8. The fourth-order valence-electron chi connectivity index (χ4n) is 7.82. The molecule has 2 aliphatic rings. The number of primary amides is 1. The lowest BCUT2D eigenvalue weighted by Gasteiger charge is -2.43. The molecule has 0 aromatic rings. The van der Waals surface area contributed by atoms with Crippen LogP contribution in [0.1, 0.15) is 175 Å². The Morgan fingerprint density at radius 1 is 0.828 bits per heavy atom. The molecule has 15 heteroatoms. The average molecular weight is 827 g/mol. The number of unbranched alkanes of at least 4 members (excludes halogenated alkanes) is 18. The topological polar surface area (TPSA) is 236 Å². The maximum atomic E-state index is 13.0. The van der Waals surface area contributed by atoms with E-state index in [0.29, 0.717) is 13.0 Å². The number of nitrogens with two attached hydrogens (primary N) is 1. The van der Waals surface area contributed by atoms with Crippen molar-refractivity contribution in [3.63, 3.8) is 0 Å². The molecule has 3 unspecified atom stereocenters. The molecule has 0 aliphatic carbocycles. The summed E-state index contributed by atoms with van der Waals surface area (Å²) in [5, 5.41) is 38.6. The Labute approximate surface area is 347 Å². The third-order valence-corrected chi connectivity index (χ3v) is 11.2. The molecule has 2 fully saturated rings. The molecule has 2 heterocycles. The summed E-state index contributed by atoms with van der Waals surface area (Å²) in [6.45, 7) is 4.74. The van der Waals surface area contributed by atoms with Crippen molar-refractivity contribution in [2.75, 3.05) is 13.2 Å². The Kier molecular flexibility index (Phi) is 26.9. The molecule has 0 radical (unpaired) electrons. The highest BCUT2D eigenvalue weighted by molar-refractivity contribution is 5.90. The van der Waals surface area contributed by atoms with Crippen LogP contribution in [0.3, 0.4) is 0 Å². The first kappa shape index (κ1) is 51.5. The summed E-state index contributed by atoms with van der Waals surface area (Å²) in [5.41, 5.74) is 5.54. The van der Waals surface area contributed by atoms with Crippen LogP contribution in [-0.4, -0.2) is 113 Å². The van der Waals surface area contributed by atoms with Crippen LogP contribution in [0, 0.1) is 0 Å². The van der Waals surface area contributed by atoms with Gasteiger partial charge in [-0.1, -0.05) is 122 Å². The van der Waals surface area contributed by atoms with Crippen molar-refractivity contribution in [3.05, 3.63) is 0 Å². The van der Waals surface area contributed by atoms with Gasteiger partial charge in [-0.05, 0) is 19.8 Å². The third kappa shape index (κ3) is 21.5. The van der Waals surface area contributed by atoms with Gasteiger partial charge in [-0.25, -0.2) is 0 Å². The van der Waals surface area contributed by atoms with Crippen molar-refractivity contribution in [2.24, 2.45) is 5.73 Å². The van der Waals surface area contributed by atoms with Gasteiger partial charge >= 0.3 is 5.97 Å². The highest BCUT2D eigenvalue weighted by Crippen LogP contribution is 2.25. The maximum absolute atomic E-state index is 13.0. The summed E-state index contributed by atoms with van der Waals surface area (Å²) in [6.07, 6.45) is 18.1. The Morgan fingerprint density at radius 2 is 1.36 bits per heavy atom. The van der Waals surface area contributed by atoms with Crippen molar-refractivity contribution in [3.8, 4) is 0 Å². The summed E-state index contributed by atoms with van der Waals surface area (Å²) in [5.74, 6) is -2.41. The molecular formula is C43H78N4O11. The van der Waals surface area contributed by atoms with E-state index in [1.165, 1.54) is 110 Å². The lowest BCUT2D eigenvalue weighted by molar-refractivity contribution is -0.267. The smallest absolute Gasteiger partial charge is 0.306 e. The number of aliphatic hydroxyl groups is 3. The number of carbonyl (C=O) groups is 5. The van der Waals surface area contributed by atoms with E-state index in [2.05, 4.69) is 22.9 Å². The monoisotopic (exact) mass is 827 g/mol. The van der Waals surface area contributed by atoms with E-state index >= 15 is 0 Å². The van der Waals surface area contributed by atoms with Crippen LogP contribution in [0.4, 0.5) is 0 Å². The minimum Gasteiger partial charge on any atom is -0.461 e. The number of hydrogen-bond acceptors (Lipinski definition) is 12. The molecule has 3 amide bonds. The molecule has 9 atom stereocenters. The molecule has 2 aliphatic heterocycles. The molecule has 58 heavy (non-hydrogen) atoms. The first-order valence-electron chi connectivity index (χ1n) is 22.4. The SMILES string of the molecule is CCCCCCCCCCCCCCCCCCCCCC(=O)OC1CN[C@H](C(=O)NC(CCC(=O)CC(C)O[C@H]2[C@H](O)[C@@H](CO)O[C@H](O)[C@@H]2NC(C)=O)C(N)=O)C1. The fourth-order valence-corrected chi connectivity index (χ4v) is 7.82. The van der Waals surface area contributed by atoms with E-state index in [9.17, 15) is 39.3 Å². The van der Waals surface area contributed by atoms with E-state index in [-0.39, 0.29) is 37.4 Å². The van der Waals surface area contributed by atoms with Crippen LogP contribution < -0.4 is 21.7 Å². The summed E-state index contributed by atoms with van der Waals surface area (Å²) in [7, 11) is 0. The van der Waals surface area contributed by atoms with Crippen LogP contribution >= 0.6 is 0 Å². The van der Waals surface area contributed by atoms with Gasteiger partial charge in [-0.2, -0.15) is 0 Å². The number of amides is 3. The molecule has 2 rings (SSSR count). The summed E-state index contributed by atoms with van der Waals surface area (Å²) in [6, 6.07) is -2.97. The van der Waals surface area contributed by atoms with Gasteiger partial charge in [0.15, 0.2) is 6.29 Å². The number of rotatable bonds is 33. The van der Waals surface area contributed by atoms with Crippen molar-refractivity contribution < 1.29 is 53.5 Å². The minimum absolute atomic E-state index is 0.0586. The predicted octanol–water partition coefficient (Wildman–Crippen LogP) is 4.14. The Bertz CT molecular complexity index is 1190. The van der Waals surface area contributed by atoms with Gasteiger partial charge in [-0.3, -0.25) is 24.0 Å². The van der Waals surface area contributed by atoms with E-state index < -0.39 is 79.3 Å². The van der Waals surface area contributed by atoms with Gasteiger partial charge in [0.1, 0.15) is 42.3 Å². The summed E-state index contributed by atoms with van der Waals surface area (Å²) in [4.78, 5) is 62.1. The molecule has 0 bridgehead atoms. The van der Waals surface area contributed by atoms with Crippen molar-refractivity contribution in [2.45, 2.75) is 230 Å². The first-order valence-corrected chi connectivity index (χ1v) is 22.4. The van der Waals surface area contributed by atoms with Gasteiger partial charge in [-0.15, -0.1) is 0 Å². The molecule has 0 saturated carbocycles. The third-order valence-electron chi connectivity index (χ3n) is 11.2. The number of ether oxygens (including phenoxy) is 3. The normalized spacial score (nSPS) is 24.2. The number of nitrogens with one attached hydrogen (secondary N) is 3. The maximum Gasteiger partial charge on any atom is 0.306 e. The molecule has 8 N–H and O–H groups in total. The standard InChI is InChI=1S/C43H78N4O11/c1-4-5-6-7-8-9-10-11-12-13-14-15-16-17-18-19-20-21-22-23-37(51)57-33-27-35(45-28-33)42(54)47-34(41(44)53)25-24-32(50)26-30(2)56-40-38(46-31(3)49)43(55)58-36(29-48)39(40)52/h30,33-36,38-40,43,45,48,52,55H,4-29H2,1-3H3,(H2,44,53)(H,46,49)(H,47,54)/t30?,33?,34?,35-,36+,38+,39+,40+,43-/m0/s1. The number of Topliss-reactive ketones (excluding diaryl/α,β-unsaturated/α-hetero) is 1. The van der Waals surface area contributed by atoms with Crippen LogP contribution in [0.5, 0.6) is 0 Å². The van der Waals surface area contributed by atoms with Crippen molar-refractivity contribution >= 4 is 29.5 Å². The second-order valence-corrected chi connectivity index (χ2v) is 16.5. The Balaban J connectivity index is 1.56. The molecule has 0 aromatic carbocycles. The van der Waals surface area contributed by atoms with Crippen LogP contribution in [0.2, 0.25) is 0 Å². The van der Waals surface area contributed by atoms with E-state index in [0.717, 1.165) is 19.3 Å². The van der Waals surface area contributed by atoms with Crippen molar-refractivity contribution in [1.82, 2.24) is 16.0 Å². The Morgan fingerprint density at radius 3 is 1.86 bits per heavy atom. The van der Waals surface area contributed by atoms with Gasteiger partial charge in [0.05, 0.1) is 18.8 Å². The molecule has 15 nitrogen and oxygen atoms in total. The van der Waals surface area contributed by atoms with E-state index in [4.69, 9.17) is 19.9 Å². The van der Waals surface area contributed by atoms with Gasteiger partial charge in [0.2, 0.25) is 17.7 Å². The van der Waals surface area contributed by atoms with Crippen LogP contribution in [0.25, 0.3) is 0 Å². The second-order valence-electron chi connectivity index (χ2n) is 16.5. The minimum atomic E-state index is -1.57. The number of hydrogen-bond donors (Lipinski definition) is 7. The first-order chi connectivity index (χ1) is 27.9. The van der Waals surface area contributed by atoms with Crippen LogP contribution in [-0.2, 0) is 38.2 Å². The number of carbonyl (C=O) groups excluding carboxylic acids is 5. The lowest BCUT2D eigenvalue weighted by atomic mass is 9.96. The molecule has 2 saturated heterocycles. The number of ketones is 1. The van der Waals surface area contributed by atoms with Crippen molar-refractivity contribution in [1.29, 1.82) is 0 Å². The molecule has 0 spiro atoms.